The largest absolute Gasteiger partial charge is 0.383 e. The van der Waals surface area contributed by atoms with Gasteiger partial charge in [-0.25, -0.2) is 0 Å². The van der Waals surface area contributed by atoms with Crippen LogP contribution in [0.3, 0.4) is 0 Å². The maximum absolute atomic E-state index is 12.5. The van der Waals surface area contributed by atoms with E-state index in [1.807, 2.05) is 23.1 Å². The second-order valence-electron chi connectivity index (χ2n) is 6.21. The van der Waals surface area contributed by atoms with Crippen LogP contribution in [0.4, 0.5) is 0 Å². The summed E-state index contributed by atoms with van der Waals surface area (Å²) in [5.74, 6) is 0.613. The van der Waals surface area contributed by atoms with Gasteiger partial charge in [0.1, 0.15) is 0 Å². The fourth-order valence-electron chi connectivity index (χ4n) is 3.00. The number of methoxy groups -OCH3 is 1. The topological polar surface area (TPSA) is 29.5 Å². The molecule has 2 aliphatic carbocycles. The number of nitrogens with zero attached hydrogens (tertiary/aromatic N) is 1. The number of rotatable bonds is 7. The molecule has 0 saturated heterocycles. The van der Waals surface area contributed by atoms with E-state index in [9.17, 15) is 4.79 Å². The van der Waals surface area contributed by atoms with Crippen molar-refractivity contribution in [3.05, 3.63) is 42.0 Å². The first kappa shape index (κ1) is 14.3. The van der Waals surface area contributed by atoms with E-state index in [1.165, 1.54) is 18.4 Å². The molecule has 21 heavy (non-hydrogen) atoms. The molecule has 1 spiro atoms. The molecule has 1 aromatic carbocycles. The molecule has 112 valence electrons. The van der Waals surface area contributed by atoms with Crippen molar-refractivity contribution in [1.82, 2.24) is 4.90 Å². The van der Waals surface area contributed by atoms with Gasteiger partial charge in [-0.3, -0.25) is 4.79 Å². The van der Waals surface area contributed by atoms with Crippen LogP contribution in [-0.2, 0) is 9.53 Å². The number of ether oxygens (including phenoxy) is 1. The molecule has 2 aliphatic rings. The molecular weight excluding hydrogens is 262 g/mol. The summed E-state index contributed by atoms with van der Waals surface area (Å²) in [7, 11) is 1.68. The smallest absolute Gasteiger partial charge is 0.226 e. The molecule has 0 bridgehead atoms. The lowest BCUT2D eigenvalue weighted by molar-refractivity contribution is -0.133. The SMILES string of the molecule is COCCN(CC=Cc1ccccc1)C(=O)C1CC12CC2. The first-order chi connectivity index (χ1) is 10.2. The number of benzene rings is 1. The zero-order chi connectivity index (χ0) is 14.7. The van der Waals surface area contributed by atoms with Crippen LogP contribution < -0.4 is 0 Å². The maximum atomic E-state index is 12.5. The van der Waals surface area contributed by atoms with Crippen LogP contribution in [0, 0.1) is 11.3 Å². The van der Waals surface area contributed by atoms with Gasteiger partial charge in [0.25, 0.3) is 0 Å². The number of carbonyl (C=O) groups excluding carboxylic acids is 1. The average molecular weight is 285 g/mol. The van der Waals surface area contributed by atoms with E-state index >= 15 is 0 Å². The minimum absolute atomic E-state index is 0.291. The van der Waals surface area contributed by atoms with Crippen molar-refractivity contribution in [1.29, 1.82) is 0 Å². The summed E-state index contributed by atoms with van der Waals surface area (Å²) in [4.78, 5) is 14.5. The molecule has 2 saturated carbocycles. The Morgan fingerprint density at radius 2 is 2.14 bits per heavy atom. The zero-order valence-corrected chi connectivity index (χ0v) is 12.6. The Hall–Kier alpha value is -1.61. The number of hydrogen-bond acceptors (Lipinski definition) is 2. The van der Waals surface area contributed by atoms with Gasteiger partial charge < -0.3 is 9.64 Å². The first-order valence-corrected chi connectivity index (χ1v) is 7.74. The highest BCUT2D eigenvalue weighted by Gasteiger charge is 2.66. The average Bonchev–Trinajstić information content (AvgIpc) is 3.43. The summed E-state index contributed by atoms with van der Waals surface area (Å²) in [5, 5.41) is 0. The van der Waals surface area contributed by atoms with Crippen LogP contribution in [-0.4, -0.2) is 37.6 Å². The zero-order valence-electron chi connectivity index (χ0n) is 12.6. The molecule has 3 rings (SSSR count). The normalized spacial score (nSPS) is 21.7. The van der Waals surface area contributed by atoms with Gasteiger partial charge in [-0.15, -0.1) is 0 Å². The molecule has 1 atom stereocenters. The van der Waals surface area contributed by atoms with Crippen LogP contribution in [0.1, 0.15) is 24.8 Å². The summed E-state index contributed by atoms with van der Waals surface area (Å²) in [6, 6.07) is 10.2. The fraction of sp³-hybridized carbons (Fsp3) is 0.500. The Kier molecular flexibility index (Phi) is 4.11. The molecule has 0 aromatic heterocycles. The van der Waals surface area contributed by atoms with E-state index in [4.69, 9.17) is 4.74 Å². The lowest BCUT2D eigenvalue weighted by Crippen LogP contribution is -2.35. The molecule has 0 aliphatic heterocycles. The van der Waals surface area contributed by atoms with Gasteiger partial charge in [0.05, 0.1) is 6.61 Å². The summed E-state index contributed by atoms with van der Waals surface area (Å²) < 4.78 is 5.14. The summed E-state index contributed by atoms with van der Waals surface area (Å²) >= 11 is 0. The molecule has 0 N–H and O–H groups in total. The van der Waals surface area contributed by atoms with Crippen LogP contribution in [0.5, 0.6) is 0 Å². The van der Waals surface area contributed by atoms with Gasteiger partial charge in [0, 0.05) is 26.1 Å². The Morgan fingerprint density at radius 3 is 2.76 bits per heavy atom. The lowest BCUT2D eigenvalue weighted by atomic mass is 10.2. The highest BCUT2D eigenvalue weighted by atomic mass is 16.5. The molecule has 3 heteroatoms. The standard InChI is InChI=1S/C18H23NO2/c1-21-13-12-19(17(20)16-14-18(16)9-10-18)11-5-8-15-6-3-2-4-7-15/h2-8,16H,9-14H2,1H3. The second kappa shape index (κ2) is 6.02. The molecule has 0 heterocycles. The van der Waals surface area contributed by atoms with Crippen molar-refractivity contribution in [3.63, 3.8) is 0 Å². The third-order valence-corrected chi connectivity index (χ3v) is 4.69. The van der Waals surface area contributed by atoms with Crippen LogP contribution in [0.15, 0.2) is 36.4 Å². The van der Waals surface area contributed by atoms with Gasteiger partial charge in [-0.2, -0.15) is 0 Å². The summed E-state index contributed by atoms with van der Waals surface area (Å²) in [6.07, 6.45) is 7.76. The van der Waals surface area contributed by atoms with Crippen molar-refractivity contribution < 1.29 is 9.53 Å². The Balaban J connectivity index is 1.57. The van der Waals surface area contributed by atoms with Crippen LogP contribution in [0.25, 0.3) is 6.08 Å². The van der Waals surface area contributed by atoms with Crippen molar-refractivity contribution in [3.8, 4) is 0 Å². The molecule has 1 unspecified atom stereocenters. The molecular formula is C18H23NO2. The van der Waals surface area contributed by atoms with Crippen molar-refractivity contribution in [2.24, 2.45) is 11.3 Å². The fourth-order valence-corrected chi connectivity index (χ4v) is 3.00. The van der Waals surface area contributed by atoms with Crippen molar-refractivity contribution in [2.45, 2.75) is 19.3 Å². The third-order valence-electron chi connectivity index (χ3n) is 4.69. The van der Waals surface area contributed by atoms with Crippen molar-refractivity contribution >= 4 is 12.0 Å². The van der Waals surface area contributed by atoms with Crippen LogP contribution >= 0.6 is 0 Å². The summed E-state index contributed by atoms with van der Waals surface area (Å²) in [5.41, 5.74) is 1.59. The molecule has 2 fully saturated rings. The van der Waals surface area contributed by atoms with E-state index in [-0.39, 0.29) is 0 Å². The minimum Gasteiger partial charge on any atom is -0.383 e. The second-order valence-corrected chi connectivity index (χ2v) is 6.21. The molecule has 1 aromatic rings. The lowest BCUT2D eigenvalue weighted by Gasteiger charge is -2.21. The van der Waals surface area contributed by atoms with E-state index in [0.717, 1.165) is 6.42 Å². The number of carbonyl (C=O) groups is 1. The van der Waals surface area contributed by atoms with Gasteiger partial charge in [0.15, 0.2) is 0 Å². The third kappa shape index (κ3) is 3.35. The quantitative estimate of drug-likeness (QED) is 0.771. The number of hydrogen-bond donors (Lipinski definition) is 0. The predicted octanol–water partition coefficient (Wildman–Crippen LogP) is 2.97. The minimum atomic E-state index is 0.291. The highest BCUT2D eigenvalue weighted by Crippen LogP contribution is 2.70. The first-order valence-electron chi connectivity index (χ1n) is 7.74. The monoisotopic (exact) mass is 285 g/mol. The number of amides is 1. The Morgan fingerprint density at radius 1 is 1.38 bits per heavy atom. The Labute approximate surface area is 126 Å². The van der Waals surface area contributed by atoms with E-state index < -0.39 is 0 Å². The van der Waals surface area contributed by atoms with E-state index in [2.05, 4.69) is 24.3 Å². The summed E-state index contributed by atoms with van der Waals surface area (Å²) in [6.45, 7) is 1.95. The van der Waals surface area contributed by atoms with E-state index in [0.29, 0.717) is 36.9 Å². The van der Waals surface area contributed by atoms with E-state index in [1.54, 1.807) is 7.11 Å². The van der Waals surface area contributed by atoms with Gasteiger partial charge in [-0.05, 0) is 30.2 Å². The van der Waals surface area contributed by atoms with Gasteiger partial charge in [-0.1, -0.05) is 42.5 Å². The maximum Gasteiger partial charge on any atom is 0.226 e. The molecule has 0 radical (unpaired) electrons. The van der Waals surface area contributed by atoms with Crippen LogP contribution in [0.2, 0.25) is 0 Å². The highest BCUT2D eigenvalue weighted by molar-refractivity contribution is 5.83. The van der Waals surface area contributed by atoms with Gasteiger partial charge >= 0.3 is 0 Å². The van der Waals surface area contributed by atoms with Crippen molar-refractivity contribution in [2.75, 3.05) is 26.8 Å². The predicted molar refractivity (Wildman–Crippen MR) is 83.7 cm³/mol. The molecule has 1 amide bonds. The molecule has 3 nitrogen and oxygen atoms in total. The van der Waals surface area contributed by atoms with Gasteiger partial charge in [0.2, 0.25) is 5.91 Å². The Bertz CT molecular complexity index is 519.